The molecule has 0 aliphatic carbocycles. The van der Waals surface area contributed by atoms with Crippen LogP contribution in [-0.4, -0.2) is 34.5 Å². The number of benzene rings is 1. The van der Waals surface area contributed by atoms with Crippen LogP contribution in [0.2, 0.25) is 0 Å². The molecule has 0 unspecified atom stereocenters. The average molecular weight is 273 g/mol. The van der Waals surface area contributed by atoms with Gasteiger partial charge in [0.2, 0.25) is 5.91 Å². The first-order valence-corrected chi connectivity index (χ1v) is 6.51. The molecule has 0 N–H and O–H groups in total. The van der Waals surface area contributed by atoms with Gasteiger partial charge in [0.15, 0.2) is 0 Å². The smallest absolute Gasteiger partial charge is 0.224 e. The minimum atomic E-state index is 0.113. The fourth-order valence-corrected chi connectivity index (χ4v) is 1.97. The Morgan fingerprint density at radius 2 is 2.30 bits per heavy atom. The molecule has 0 atom stereocenters. The Hall–Kier alpha value is -2.30. The lowest BCUT2D eigenvalue weighted by atomic mass is 10.2. The molecule has 0 spiro atoms. The molecule has 106 valence electrons. The van der Waals surface area contributed by atoms with Crippen LogP contribution < -0.4 is 4.74 Å². The monoisotopic (exact) mass is 273 g/mol. The summed E-state index contributed by atoms with van der Waals surface area (Å²) in [4.78, 5) is 17.7. The highest BCUT2D eigenvalue weighted by molar-refractivity contribution is 5.75. The van der Waals surface area contributed by atoms with E-state index in [-0.39, 0.29) is 5.91 Å². The number of carbonyl (C=O) groups excluding carboxylic acids is 1. The first kappa shape index (κ1) is 14.1. The van der Waals surface area contributed by atoms with Crippen LogP contribution in [0.1, 0.15) is 12.0 Å². The first-order chi connectivity index (χ1) is 9.69. The number of methoxy groups -OCH3 is 1. The van der Waals surface area contributed by atoms with Crippen molar-refractivity contribution in [1.29, 1.82) is 0 Å². The summed E-state index contributed by atoms with van der Waals surface area (Å²) in [6, 6.07) is 7.75. The lowest BCUT2D eigenvalue weighted by Crippen LogP contribution is -2.26. The first-order valence-electron chi connectivity index (χ1n) is 6.51. The molecule has 0 bridgehead atoms. The highest BCUT2D eigenvalue weighted by atomic mass is 16.5. The van der Waals surface area contributed by atoms with Crippen molar-refractivity contribution in [1.82, 2.24) is 14.5 Å². The highest BCUT2D eigenvalue weighted by Crippen LogP contribution is 2.14. The minimum absolute atomic E-state index is 0.113. The van der Waals surface area contributed by atoms with Crippen LogP contribution in [0.25, 0.3) is 0 Å². The van der Waals surface area contributed by atoms with Crippen LogP contribution in [0.3, 0.4) is 0 Å². The SMILES string of the molecule is COc1cccc(CN(C)C(=O)CCn2ccnc2)c1. The number of amides is 1. The van der Waals surface area contributed by atoms with Crippen molar-refractivity contribution in [3.63, 3.8) is 0 Å². The fourth-order valence-electron chi connectivity index (χ4n) is 1.97. The van der Waals surface area contributed by atoms with Gasteiger partial charge in [-0.2, -0.15) is 0 Å². The minimum Gasteiger partial charge on any atom is -0.497 e. The number of carbonyl (C=O) groups is 1. The molecule has 0 saturated heterocycles. The second kappa shape index (κ2) is 6.75. The van der Waals surface area contributed by atoms with Crippen LogP contribution in [0.5, 0.6) is 5.75 Å². The summed E-state index contributed by atoms with van der Waals surface area (Å²) in [5.41, 5.74) is 1.06. The summed E-state index contributed by atoms with van der Waals surface area (Å²) >= 11 is 0. The van der Waals surface area contributed by atoms with Gasteiger partial charge in [0.25, 0.3) is 0 Å². The van der Waals surface area contributed by atoms with Gasteiger partial charge in [-0.05, 0) is 17.7 Å². The fraction of sp³-hybridized carbons (Fsp3) is 0.333. The van der Waals surface area contributed by atoms with Crippen molar-refractivity contribution in [3.8, 4) is 5.75 Å². The van der Waals surface area contributed by atoms with Gasteiger partial charge < -0.3 is 14.2 Å². The van der Waals surface area contributed by atoms with E-state index in [1.54, 1.807) is 24.5 Å². The molecule has 2 rings (SSSR count). The molecular formula is C15H19N3O2. The van der Waals surface area contributed by atoms with Crippen molar-refractivity contribution in [2.45, 2.75) is 19.5 Å². The molecule has 1 heterocycles. The quantitative estimate of drug-likeness (QED) is 0.808. The summed E-state index contributed by atoms with van der Waals surface area (Å²) in [6.45, 7) is 1.24. The van der Waals surface area contributed by atoms with E-state index in [0.29, 0.717) is 19.5 Å². The molecule has 0 fully saturated rings. The maximum Gasteiger partial charge on any atom is 0.224 e. The standard InChI is InChI=1S/C15H19N3O2/c1-17(11-13-4-3-5-14(10-13)20-2)15(19)6-8-18-9-7-16-12-18/h3-5,7,9-10,12H,6,8,11H2,1-2H3. The highest BCUT2D eigenvalue weighted by Gasteiger charge is 2.09. The van der Waals surface area contributed by atoms with Crippen molar-refractivity contribution in [3.05, 3.63) is 48.5 Å². The summed E-state index contributed by atoms with van der Waals surface area (Å²) in [5.74, 6) is 0.920. The van der Waals surface area contributed by atoms with Crippen LogP contribution >= 0.6 is 0 Å². The molecule has 0 aliphatic heterocycles. The number of imidazole rings is 1. The largest absolute Gasteiger partial charge is 0.497 e. The van der Waals surface area contributed by atoms with Gasteiger partial charge in [0.05, 0.1) is 13.4 Å². The zero-order chi connectivity index (χ0) is 14.4. The lowest BCUT2D eigenvalue weighted by molar-refractivity contribution is -0.130. The molecule has 5 nitrogen and oxygen atoms in total. The summed E-state index contributed by atoms with van der Waals surface area (Å²) in [5, 5.41) is 0. The van der Waals surface area contributed by atoms with E-state index in [1.807, 2.05) is 42.1 Å². The topological polar surface area (TPSA) is 47.4 Å². The Labute approximate surface area is 118 Å². The molecule has 20 heavy (non-hydrogen) atoms. The summed E-state index contributed by atoms with van der Waals surface area (Å²) < 4.78 is 7.08. The van der Waals surface area contributed by atoms with Crippen molar-refractivity contribution in [2.75, 3.05) is 14.2 Å². The number of ether oxygens (including phenoxy) is 1. The zero-order valence-corrected chi connectivity index (χ0v) is 11.8. The molecule has 2 aromatic rings. The van der Waals surface area contributed by atoms with Crippen LogP contribution in [0.4, 0.5) is 0 Å². The Balaban J connectivity index is 1.86. The van der Waals surface area contributed by atoms with E-state index >= 15 is 0 Å². The molecule has 5 heteroatoms. The molecular weight excluding hydrogens is 254 g/mol. The maximum atomic E-state index is 12.1. The number of aromatic nitrogens is 2. The zero-order valence-electron chi connectivity index (χ0n) is 11.8. The maximum absolute atomic E-state index is 12.1. The molecule has 1 aromatic heterocycles. The Kier molecular flexibility index (Phi) is 4.76. The van der Waals surface area contributed by atoms with E-state index in [4.69, 9.17) is 4.74 Å². The van der Waals surface area contributed by atoms with Crippen molar-refractivity contribution in [2.24, 2.45) is 0 Å². The number of nitrogens with zero attached hydrogens (tertiary/aromatic N) is 3. The van der Waals surface area contributed by atoms with Gasteiger partial charge in [-0.1, -0.05) is 12.1 Å². The van der Waals surface area contributed by atoms with E-state index < -0.39 is 0 Å². The van der Waals surface area contributed by atoms with Gasteiger partial charge in [0.1, 0.15) is 5.75 Å². The predicted molar refractivity (Wildman–Crippen MR) is 76.3 cm³/mol. The summed E-state index contributed by atoms with van der Waals surface area (Å²) in [6.07, 6.45) is 5.76. The number of hydrogen-bond donors (Lipinski definition) is 0. The average Bonchev–Trinajstić information content (AvgIpc) is 2.98. The van der Waals surface area contributed by atoms with Crippen LogP contribution in [0.15, 0.2) is 43.0 Å². The van der Waals surface area contributed by atoms with E-state index in [2.05, 4.69) is 4.98 Å². The normalized spacial score (nSPS) is 10.3. The van der Waals surface area contributed by atoms with Crippen molar-refractivity contribution < 1.29 is 9.53 Å². The van der Waals surface area contributed by atoms with Crippen LogP contribution in [-0.2, 0) is 17.9 Å². The Bertz CT molecular complexity index is 552. The summed E-state index contributed by atoms with van der Waals surface area (Å²) in [7, 11) is 3.45. The molecule has 0 radical (unpaired) electrons. The van der Waals surface area contributed by atoms with Gasteiger partial charge >= 0.3 is 0 Å². The van der Waals surface area contributed by atoms with Gasteiger partial charge in [-0.25, -0.2) is 4.98 Å². The molecule has 1 aromatic carbocycles. The van der Waals surface area contributed by atoms with Gasteiger partial charge in [-0.15, -0.1) is 0 Å². The molecule has 0 saturated carbocycles. The number of rotatable bonds is 6. The second-order valence-corrected chi connectivity index (χ2v) is 4.65. The lowest BCUT2D eigenvalue weighted by Gasteiger charge is -2.17. The van der Waals surface area contributed by atoms with E-state index in [1.165, 1.54) is 0 Å². The molecule has 1 amide bonds. The van der Waals surface area contributed by atoms with Gasteiger partial charge in [-0.3, -0.25) is 4.79 Å². The second-order valence-electron chi connectivity index (χ2n) is 4.65. The van der Waals surface area contributed by atoms with Crippen molar-refractivity contribution >= 4 is 5.91 Å². The number of hydrogen-bond acceptors (Lipinski definition) is 3. The third-order valence-electron chi connectivity index (χ3n) is 3.12. The predicted octanol–water partition coefficient (Wildman–Crippen LogP) is 1.94. The Morgan fingerprint density at radius 1 is 1.45 bits per heavy atom. The Morgan fingerprint density at radius 3 is 3.00 bits per heavy atom. The number of aryl methyl sites for hydroxylation is 1. The van der Waals surface area contributed by atoms with Gasteiger partial charge in [0, 0.05) is 39.0 Å². The van der Waals surface area contributed by atoms with E-state index in [0.717, 1.165) is 11.3 Å². The molecule has 0 aliphatic rings. The van der Waals surface area contributed by atoms with Crippen LogP contribution in [0, 0.1) is 0 Å². The third-order valence-corrected chi connectivity index (χ3v) is 3.12. The third kappa shape index (κ3) is 3.85. The van der Waals surface area contributed by atoms with E-state index in [9.17, 15) is 4.79 Å².